The monoisotopic (exact) mass is 459 g/mol. The number of amides is 1. The molecule has 7 nitrogen and oxygen atoms in total. The van der Waals surface area contributed by atoms with Gasteiger partial charge in [-0.3, -0.25) is 4.90 Å². The summed E-state index contributed by atoms with van der Waals surface area (Å²) in [6.07, 6.45) is -5.31. The van der Waals surface area contributed by atoms with Gasteiger partial charge in [0.1, 0.15) is 32.6 Å². The fourth-order valence-electron chi connectivity index (χ4n) is 3.38. The van der Waals surface area contributed by atoms with E-state index < -0.39 is 40.4 Å². The highest BCUT2D eigenvalue weighted by Gasteiger charge is 2.55. The summed E-state index contributed by atoms with van der Waals surface area (Å²) in [7, 11) is 0. The van der Waals surface area contributed by atoms with E-state index in [0.717, 1.165) is 23.5 Å². The van der Waals surface area contributed by atoms with E-state index in [1.807, 2.05) is 0 Å². The normalized spacial score (nSPS) is 21.4. The highest BCUT2D eigenvalue weighted by atomic mass is 32.1. The average molecular weight is 459 g/mol. The summed E-state index contributed by atoms with van der Waals surface area (Å²) >= 11 is 1.05. The number of phenols is 1. The predicted molar refractivity (Wildman–Crippen MR) is 107 cm³/mol. The Balaban J connectivity index is 2.00. The molecule has 2 heterocycles. The third-order valence-corrected chi connectivity index (χ3v) is 5.97. The van der Waals surface area contributed by atoms with Crippen molar-refractivity contribution in [1.82, 2.24) is 15.1 Å². The Morgan fingerprint density at radius 2 is 1.87 bits per heavy atom. The Labute approximate surface area is 181 Å². The first-order valence-electron chi connectivity index (χ1n) is 9.46. The van der Waals surface area contributed by atoms with Crippen molar-refractivity contribution in [3.63, 3.8) is 0 Å². The Hall–Kier alpha value is -2.40. The first-order valence-corrected chi connectivity index (χ1v) is 10.3. The molecular weight excluding hydrogens is 435 g/mol. The molecule has 3 rings (SSSR count). The van der Waals surface area contributed by atoms with Crippen molar-refractivity contribution in [3.8, 4) is 16.3 Å². The van der Waals surface area contributed by atoms with Crippen molar-refractivity contribution in [2.24, 2.45) is 0 Å². The molecule has 1 N–H and O–H groups in total. The van der Waals surface area contributed by atoms with Crippen LogP contribution in [-0.2, 0) is 21.2 Å². The first-order chi connectivity index (χ1) is 14.0. The molecule has 1 aliphatic heterocycles. The Bertz CT molecular complexity index is 1000. The molecule has 2 aromatic rings. The number of carbonyl (C=O) groups excluding carboxylic acids is 1. The maximum atomic E-state index is 13.1. The summed E-state index contributed by atoms with van der Waals surface area (Å²) in [5.41, 5.74) is -3.77. The van der Waals surface area contributed by atoms with Gasteiger partial charge in [-0.15, -0.1) is 10.2 Å². The van der Waals surface area contributed by atoms with Gasteiger partial charge in [0.05, 0.1) is 12.2 Å². The topological polar surface area (TPSA) is 84.8 Å². The van der Waals surface area contributed by atoms with Crippen LogP contribution in [0.3, 0.4) is 0 Å². The second kappa shape index (κ2) is 7.33. The molecule has 1 aromatic heterocycles. The number of nitrogens with zero attached hydrogens (tertiary/aromatic N) is 3. The lowest BCUT2D eigenvalue weighted by atomic mass is 10.0. The van der Waals surface area contributed by atoms with E-state index >= 15 is 0 Å². The van der Waals surface area contributed by atoms with E-state index in [4.69, 9.17) is 9.47 Å². The summed E-state index contributed by atoms with van der Waals surface area (Å²) in [5, 5.41) is 18.3. The Morgan fingerprint density at radius 1 is 1.23 bits per heavy atom. The maximum absolute atomic E-state index is 13.1. The number of alkyl halides is 3. The van der Waals surface area contributed by atoms with Crippen LogP contribution in [0.1, 0.15) is 52.1 Å². The van der Waals surface area contributed by atoms with E-state index in [-0.39, 0.29) is 17.2 Å². The van der Waals surface area contributed by atoms with E-state index in [9.17, 15) is 23.1 Å². The van der Waals surface area contributed by atoms with E-state index in [0.29, 0.717) is 5.01 Å². The second-order valence-electron chi connectivity index (χ2n) is 8.97. The number of hydrogen-bond acceptors (Lipinski definition) is 7. The zero-order chi connectivity index (χ0) is 23.4. The number of phenolic OH excluding ortho intramolecular Hbond substituents is 1. The molecule has 31 heavy (non-hydrogen) atoms. The third-order valence-electron chi connectivity index (χ3n) is 4.75. The van der Waals surface area contributed by atoms with Crippen LogP contribution in [0.2, 0.25) is 0 Å². The van der Waals surface area contributed by atoms with Crippen molar-refractivity contribution in [3.05, 3.63) is 28.8 Å². The summed E-state index contributed by atoms with van der Waals surface area (Å²) in [4.78, 5) is 14.4. The number of hydrogen-bond donors (Lipinski definition) is 1. The zero-order valence-electron chi connectivity index (χ0n) is 18.0. The predicted octanol–water partition coefficient (Wildman–Crippen LogP) is 5.15. The van der Waals surface area contributed by atoms with Crippen molar-refractivity contribution in [2.45, 2.75) is 64.6 Å². The third kappa shape index (κ3) is 4.47. The smallest absolute Gasteiger partial charge is 0.419 e. The van der Waals surface area contributed by atoms with Gasteiger partial charge in [0, 0.05) is 5.56 Å². The number of rotatable bonds is 2. The molecule has 0 spiro atoms. The van der Waals surface area contributed by atoms with Crippen LogP contribution in [0.5, 0.6) is 5.75 Å². The SMILES string of the molecule is CC(C)(C)OC(=O)N1C(C)(C)OC[C@]1(C)c1nnc(-c2ccc(O)c(C(F)(F)F)c2)s1. The first kappa shape index (κ1) is 23.3. The maximum Gasteiger partial charge on any atom is 0.419 e. The van der Waals surface area contributed by atoms with E-state index in [1.54, 1.807) is 41.5 Å². The fraction of sp³-hybridized carbons (Fsp3) is 0.550. The molecule has 1 amide bonds. The molecule has 11 heteroatoms. The molecular formula is C20H24F3N3O4S. The molecule has 170 valence electrons. The van der Waals surface area contributed by atoms with Gasteiger partial charge in [0.2, 0.25) is 0 Å². The van der Waals surface area contributed by atoms with E-state index in [2.05, 4.69) is 10.2 Å². The Kier molecular flexibility index (Phi) is 5.50. The van der Waals surface area contributed by atoms with Crippen molar-refractivity contribution in [2.75, 3.05) is 6.61 Å². The van der Waals surface area contributed by atoms with Gasteiger partial charge in [-0.05, 0) is 59.7 Å². The van der Waals surface area contributed by atoms with Gasteiger partial charge in [-0.25, -0.2) is 4.79 Å². The largest absolute Gasteiger partial charge is 0.507 e. The summed E-state index contributed by atoms with van der Waals surface area (Å²) in [5.74, 6) is -0.866. The van der Waals surface area contributed by atoms with Crippen LogP contribution in [0.15, 0.2) is 18.2 Å². The number of ether oxygens (including phenoxy) is 2. The number of aromatic nitrogens is 2. The van der Waals surface area contributed by atoms with Crippen LogP contribution < -0.4 is 0 Å². The number of carbonyl (C=O) groups is 1. The molecule has 0 aliphatic carbocycles. The molecule has 1 aromatic carbocycles. The highest BCUT2D eigenvalue weighted by molar-refractivity contribution is 7.14. The van der Waals surface area contributed by atoms with Crippen LogP contribution in [0, 0.1) is 0 Å². The average Bonchev–Trinajstić information content (AvgIpc) is 3.16. The van der Waals surface area contributed by atoms with Gasteiger partial charge in [-0.2, -0.15) is 13.2 Å². The summed E-state index contributed by atoms with van der Waals surface area (Å²) in [6, 6.07) is 3.12. The fourth-order valence-corrected chi connectivity index (χ4v) is 4.34. The lowest BCUT2D eigenvalue weighted by molar-refractivity contribution is -0.138. The van der Waals surface area contributed by atoms with Crippen LogP contribution in [0.4, 0.5) is 18.0 Å². The minimum atomic E-state index is -4.71. The van der Waals surface area contributed by atoms with Crippen LogP contribution in [-0.4, -0.2) is 44.2 Å². The quantitative estimate of drug-likeness (QED) is 0.669. The minimum Gasteiger partial charge on any atom is -0.507 e. The van der Waals surface area contributed by atoms with Gasteiger partial charge >= 0.3 is 12.3 Å². The minimum absolute atomic E-state index is 0.108. The molecule has 0 radical (unpaired) electrons. The van der Waals surface area contributed by atoms with Gasteiger partial charge in [0.15, 0.2) is 0 Å². The molecule has 1 atom stereocenters. The molecule has 1 saturated heterocycles. The molecule has 0 unspecified atom stereocenters. The molecule has 1 aliphatic rings. The number of halogens is 3. The zero-order valence-corrected chi connectivity index (χ0v) is 18.8. The number of aromatic hydroxyl groups is 1. The molecule has 0 bridgehead atoms. The van der Waals surface area contributed by atoms with Crippen LogP contribution >= 0.6 is 11.3 Å². The summed E-state index contributed by atoms with van der Waals surface area (Å²) in [6.45, 7) is 10.5. The number of benzene rings is 1. The van der Waals surface area contributed by atoms with Gasteiger partial charge in [0.25, 0.3) is 0 Å². The standard InChI is InChI=1S/C20H24F3N3O4S/c1-17(2,3)30-16(28)26-18(4,5)29-10-19(26,6)15-25-24-14(31-15)11-7-8-13(27)12(9-11)20(21,22)23/h7-9,27H,10H2,1-6H3/t19-/m1/s1. The van der Waals surface area contributed by atoms with E-state index in [1.165, 1.54) is 11.0 Å². The lowest BCUT2D eigenvalue weighted by Gasteiger charge is -2.39. The molecule has 1 fully saturated rings. The Morgan fingerprint density at radius 3 is 2.45 bits per heavy atom. The van der Waals surface area contributed by atoms with Crippen molar-refractivity contribution < 1.29 is 32.5 Å². The van der Waals surface area contributed by atoms with Crippen molar-refractivity contribution >= 4 is 17.4 Å². The van der Waals surface area contributed by atoms with Crippen LogP contribution in [0.25, 0.3) is 10.6 Å². The second-order valence-corrected chi connectivity index (χ2v) is 9.94. The summed E-state index contributed by atoms with van der Waals surface area (Å²) < 4.78 is 50.8. The highest BCUT2D eigenvalue weighted by Crippen LogP contribution is 2.45. The lowest BCUT2D eigenvalue weighted by Crippen LogP contribution is -2.54. The van der Waals surface area contributed by atoms with Gasteiger partial charge < -0.3 is 14.6 Å². The molecule has 0 saturated carbocycles. The van der Waals surface area contributed by atoms with Crippen molar-refractivity contribution in [1.29, 1.82) is 0 Å². The van der Waals surface area contributed by atoms with Gasteiger partial charge in [-0.1, -0.05) is 11.3 Å².